The van der Waals surface area contributed by atoms with E-state index in [1.807, 2.05) is 24.3 Å². The van der Waals surface area contributed by atoms with Gasteiger partial charge in [-0.25, -0.2) is 17.9 Å². The fourth-order valence-corrected chi connectivity index (χ4v) is 4.19. The van der Waals surface area contributed by atoms with Gasteiger partial charge in [-0.15, -0.1) is 0 Å². The monoisotopic (exact) mass is 388 g/mol. The van der Waals surface area contributed by atoms with Gasteiger partial charge in [0, 0.05) is 13.1 Å². The number of nitrogens with one attached hydrogen (secondary N) is 1. The van der Waals surface area contributed by atoms with Gasteiger partial charge in [-0.05, 0) is 55.3 Å². The van der Waals surface area contributed by atoms with Gasteiger partial charge in [0.2, 0.25) is 10.0 Å². The van der Waals surface area contributed by atoms with Crippen molar-refractivity contribution in [1.29, 1.82) is 0 Å². The van der Waals surface area contributed by atoms with Crippen LogP contribution in [0.3, 0.4) is 0 Å². The van der Waals surface area contributed by atoms with E-state index in [4.69, 9.17) is 0 Å². The number of benzene rings is 2. The predicted octanol–water partition coefficient (Wildman–Crippen LogP) is 2.55. The summed E-state index contributed by atoms with van der Waals surface area (Å²) < 4.78 is 32.2. The molecule has 1 heterocycles. The minimum Gasteiger partial charge on any atom is -0.465 e. The Labute approximate surface area is 160 Å². The lowest BCUT2D eigenvalue weighted by Gasteiger charge is -2.14. The molecule has 3 rings (SSSR count). The molecule has 1 fully saturated rings. The number of ether oxygens (including phenoxy) is 1. The van der Waals surface area contributed by atoms with Gasteiger partial charge in [0.25, 0.3) is 0 Å². The van der Waals surface area contributed by atoms with Gasteiger partial charge in [-0.2, -0.15) is 0 Å². The number of sulfonamides is 1. The molecule has 2 aromatic carbocycles. The third-order valence-corrected chi connectivity index (χ3v) is 6.06. The minimum atomic E-state index is -3.72. The van der Waals surface area contributed by atoms with E-state index in [0.29, 0.717) is 0 Å². The summed E-state index contributed by atoms with van der Waals surface area (Å²) in [5.41, 5.74) is 2.31. The summed E-state index contributed by atoms with van der Waals surface area (Å²) in [7, 11) is -2.46. The molecule has 6 nitrogen and oxygen atoms in total. The molecule has 0 saturated carbocycles. The number of methoxy groups -OCH3 is 1. The number of esters is 1. The zero-order chi connectivity index (χ0) is 19.3. The normalized spacial score (nSPS) is 15.0. The lowest BCUT2D eigenvalue weighted by molar-refractivity contribution is 0.0600. The van der Waals surface area contributed by atoms with Crippen molar-refractivity contribution in [2.45, 2.75) is 30.8 Å². The predicted molar refractivity (Wildman–Crippen MR) is 103 cm³/mol. The van der Waals surface area contributed by atoms with Crippen LogP contribution in [0.5, 0.6) is 0 Å². The zero-order valence-corrected chi connectivity index (χ0v) is 16.2. The molecule has 144 valence electrons. The molecule has 0 amide bonds. The van der Waals surface area contributed by atoms with Gasteiger partial charge in [-0.3, -0.25) is 4.90 Å². The molecule has 1 N–H and O–H groups in total. The van der Waals surface area contributed by atoms with Gasteiger partial charge in [0.15, 0.2) is 0 Å². The van der Waals surface area contributed by atoms with Crippen LogP contribution in [0.25, 0.3) is 0 Å². The van der Waals surface area contributed by atoms with E-state index in [1.165, 1.54) is 49.8 Å². The Balaban J connectivity index is 1.62. The SMILES string of the molecule is COC(=O)c1cccc(S(=O)(=O)NCc2ccc(CN3CCCC3)cc2)c1. The maximum Gasteiger partial charge on any atom is 0.337 e. The smallest absolute Gasteiger partial charge is 0.337 e. The second-order valence-electron chi connectivity index (χ2n) is 6.64. The quantitative estimate of drug-likeness (QED) is 0.738. The van der Waals surface area contributed by atoms with E-state index in [0.717, 1.165) is 25.2 Å². The average Bonchev–Trinajstić information content (AvgIpc) is 3.20. The van der Waals surface area contributed by atoms with E-state index < -0.39 is 16.0 Å². The third-order valence-electron chi connectivity index (χ3n) is 4.66. The fraction of sp³-hybridized carbons (Fsp3) is 0.350. The summed E-state index contributed by atoms with van der Waals surface area (Å²) in [5.74, 6) is -0.569. The first-order valence-electron chi connectivity index (χ1n) is 8.96. The molecule has 0 aliphatic carbocycles. The summed E-state index contributed by atoms with van der Waals surface area (Å²) in [6.45, 7) is 3.42. The summed E-state index contributed by atoms with van der Waals surface area (Å²) in [6.07, 6.45) is 2.52. The maximum absolute atomic E-state index is 12.5. The molecule has 1 aliphatic rings. The first kappa shape index (κ1) is 19.5. The van der Waals surface area contributed by atoms with E-state index in [2.05, 4.69) is 14.4 Å². The van der Waals surface area contributed by atoms with Crippen molar-refractivity contribution in [2.75, 3.05) is 20.2 Å². The van der Waals surface area contributed by atoms with Gasteiger partial charge in [0.1, 0.15) is 0 Å². The molecule has 2 aromatic rings. The number of nitrogens with zero attached hydrogens (tertiary/aromatic N) is 1. The summed E-state index contributed by atoms with van der Waals surface area (Å²) in [4.78, 5) is 14.0. The number of hydrogen-bond donors (Lipinski definition) is 1. The molecule has 1 aliphatic heterocycles. The number of hydrogen-bond acceptors (Lipinski definition) is 5. The molecule has 27 heavy (non-hydrogen) atoms. The first-order chi connectivity index (χ1) is 13.0. The third kappa shape index (κ3) is 5.15. The second kappa shape index (κ2) is 8.65. The van der Waals surface area contributed by atoms with Gasteiger partial charge < -0.3 is 4.74 Å². The van der Waals surface area contributed by atoms with Crippen LogP contribution in [0, 0.1) is 0 Å². The standard InChI is InChI=1S/C20H24N2O4S/c1-26-20(23)18-5-4-6-19(13-18)27(24,25)21-14-16-7-9-17(10-8-16)15-22-11-2-3-12-22/h4-10,13,21H,2-3,11-12,14-15H2,1H3. The summed E-state index contributed by atoms with van der Waals surface area (Å²) in [6, 6.07) is 13.8. The Morgan fingerprint density at radius 2 is 1.74 bits per heavy atom. The first-order valence-corrected chi connectivity index (χ1v) is 10.4. The highest BCUT2D eigenvalue weighted by atomic mass is 32.2. The van der Waals surface area contributed by atoms with Crippen LogP contribution in [0.15, 0.2) is 53.4 Å². The highest BCUT2D eigenvalue weighted by molar-refractivity contribution is 7.89. The lowest BCUT2D eigenvalue weighted by atomic mass is 10.1. The second-order valence-corrected chi connectivity index (χ2v) is 8.41. The Morgan fingerprint density at radius 3 is 2.41 bits per heavy atom. The van der Waals surface area contributed by atoms with Crippen molar-refractivity contribution in [2.24, 2.45) is 0 Å². The van der Waals surface area contributed by atoms with Crippen LogP contribution in [-0.2, 0) is 27.8 Å². The van der Waals surface area contributed by atoms with Gasteiger partial charge >= 0.3 is 5.97 Å². The van der Waals surface area contributed by atoms with Crippen molar-refractivity contribution in [1.82, 2.24) is 9.62 Å². The Kier molecular flexibility index (Phi) is 6.26. The highest BCUT2D eigenvalue weighted by Gasteiger charge is 2.16. The maximum atomic E-state index is 12.5. The number of likely N-dealkylation sites (tertiary alicyclic amines) is 1. The Bertz CT molecular complexity index is 888. The molecule has 0 radical (unpaired) electrons. The molecule has 0 unspecified atom stereocenters. The minimum absolute atomic E-state index is 0.0380. The van der Waals surface area contributed by atoms with Crippen LogP contribution in [0.2, 0.25) is 0 Å². The largest absolute Gasteiger partial charge is 0.465 e. The number of rotatable bonds is 7. The van der Waals surface area contributed by atoms with Crippen LogP contribution in [0.4, 0.5) is 0 Å². The average molecular weight is 388 g/mol. The van der Waals surface area contributed by atoms with E-state index in [-0.39, 0.29) is 17.0 Å². The van der Waals surface area contributed by atoms with Crippen LogP contribution in [0.1, 0.15) is 34.3 Å². The van der Waals surface area contributed by atoms with Crippen LogP contribution < -0.4 is 4.72 Å². The van der Waals surface area contributed by atoms with E-state index >= 15 is 0 Å². The molecule has 7 heteroatoms. The van der Waals surface area contributed by atoms with Gasteiger partial charge in [0.05, 0.1) is 17.6 Å². The number of carbonyl (C=O) groups excluding carboxylic acids is 1. The molecular formula is C20H24N2O4S. The molecule has 1 saturated heterocycles. The van der Waals surface area contributed by atoms with Gasteiger partial charge in [-0.1, -0.05) is 30.3 Å². The molecule has 0 atom stereocenters. The van der Waals surface area contributed by atoms with E-state index in [1.54, 1.807) is 0 Å². The number of carbonyl (C=O) groups is 1. The van der Waals surface area contributed by atoms with Crippen molar-refractivity contribution in [3.8, 4) is 0 Å². The lowest BCUT2D eigenvalue weighted by Crippen LogP contribution is -2.23. The highest BCUT2D eigenvalue weighted by Crippen LogP contribution is 2.15. The van der Waals surface area contributed by atoms with Crippen molar-refractivity contribution in [3.05, 3.63) is 65.2 Å². The Morgan fingerprint density at radius 1 is 1.07 bits per heavy atom. The van der Waals surface area contributed by atoms with Crippen LogP contribution >= 0.6 is 0 Å². The Hall–Kier alpha value is -2.22. The van der Waals surface area contributed by atoms with Crippen LogP contribution in [-0.4, -0.2) is 39.5 Å². The molecule has 0 spiro atoms. The summed E-state index contributed by atoms with van der Waals surface area (Å²) >= 11 is 0. The summed E-state index contributed by atoms with van der Waals surface area (Å²) in [5, 5.41) is 0. The topological polar surface area (TPSA) is 75.7 Å². The van der Waals surface area contributed by atoms with Crippen molar-refractivity contribution >= 4 is 16.0 Å². The molecule has 0 aromatic heterocycles. The molecule has 0 bridgehead atoms. The van der Waals surface area contributed by atoms with E-state index in [9.17, 15) is 13.2 Å². The van der Waals surface area contributed by atoms with Crippen molar-refractivity contribution < 1.29 is 17.9 Å². The fourth-order valence-electron chi connectivity index (χ4n) is 3.13. The van der Waals surface area contributed by atoms with Crippen molar-refractivity contribution in [3.63, 3.8) is 0 Å². The zero-order valence-electron chi connectivity index (χ0n) is 15.3. The molecular weight excluding hydrogens is 364 g/mol.